The van der Waals surface area contributed by atoms with Crippen LogP contribution in [0.15, 0.2) is 23.9 Å². The zero-order valence-corrected chi connectivity index (χ0v) is 8.51. The second-order valence-corrected chi connectivity index (χ2v) is 3.59. The summed E-state index contributed by atoms with van der Waals surface area (Å²) in [7, 11) is 0. The Morgan fingerprint density at radius 3 is 3.00 bits per heavy atom. The van der Waals surface area contributed by atoms with Gasteiger partial charge in [-0.25, -0.2) is 0 Å². The predicted octanol–water partition coefficient (Wildman–Crippen LogP) is 3.13. The van der Waals surface area contributed by atoms with Crippen LogP contribution in [0.5, 0.6) is 0 Å². The zero-order chi connectivity index (χ0) is 8.97. The summed E-state index contributed by atoms with van der Waals surface area (Å²) in [6.07, 6.45) is 8.63. The average Bonchev–Trinajstić information content (AvgIpc) is 2.08. The maximum Gasteiger partial charge on any atom is 0.125 e. The minimum Gasteiger partial charge on any atom is -0.358 e. The van der Waals surface area contributed by atoms with Crippen LogP contribution in [0.1, 0.15) is 26.7 Å². The fourth-order valence-corrected chi connectivity index (χ4v) is 1.49. The van der Waals surface area contributed by atoms with E-state index in [0.717, 1.165) is 6.54 Å². The molecule has 1 rings (SSSR count). The van der Waals surface area contributed by atoms with Gasteiger partial charge in [-0.3, -0.25) is 0 Å². The minimum atomic E-state index is 0.0709. The SMILES string of the molecule is CCCCN1C=CC=C(C)C1Cl. The van der Waals surface area contributed by atoms with Crippen LogP contribution >= 0.6 is 11.6 Å². The molecule has 0 saturated carbocycles. The molecule has 2 heteroatoms. The van der Waals surface area contributed by atoms with Crippen LogP contribution < -0.4 is 0 Å². The van der Waals surface area contributed by atoms with E-state index in [0.29, 0.717) is 0 Å². The molecule has 0 amide bonds. The first kappa shape index (κ1) is 9.66. The molecule has 0 spiro atoms. The molecule has 0 saturated heterocycles. The van der Waals surface area contributed by atoms with E-state index in [1.165, 1.54) is 18.4 Å². The van der Waals surface area contributed by atoms with Gasteiger partial charge in [0.25, 0.3) is 0 Å². The van der Waals surface area contributed by atoms with Gasteiger partial charge >= 0.3 is 0 Å². The van der Waals surface area contributed by atoms with Crippen molar-refractivity contribution in [1.82, 2.24) is 4.90 Å². The highest BCUT2D eigenvalue weighted by molar-refractivity contribution is 6.22. The predicted molar refractivity (Wildman–Crippen MR) is 54.2 cm³/mol. The summed E-state index contributed by atoms with van der Waals surface area (Å²) in [6.45, 7) is 5.33. The Balaban J connectivity index is 2.46. The van der Waals surface area contributed by atoms with Gasteiger partial charge in [0, 0.05) is 12.7 Å². The van der Waals surface area contributed by atoms with E-state index in [1.54, 1.807) is 0 Å². The van der Waals surface area contributed by atoms with Crippen molar-refractivity contribution < 1.29 is 0 Å². The quantitative estimate of drug-likeness (QED) is 0.483. The Hall–Kier alpha value is -0.430. The lowest BCUT2D eigenvalue weighted by Gasteiger charge is -2.28. The smallest absolute Gasteiger partial charge is 0.125 e. The van der Waals surface area contributed by atoms with Crippen LogP contribution in [-0.2, 0) is 0 Å². The molecule has 0 aromatic heterocycles. The molecule has 1 unspecified atom stereocenters. The van der Waals surface area contributed by atoms with Crippen LogP contribution in [0.25, 0.3) is 0 Å². The Morgan fingerprint density at radius 1 is 1.58 bits per heavy atom. The van der Waals surface area contributed by atoms with Gasteiger partial charge < -0.3 is 4.90 Å². The number of nitrogens with zero attached hydrogens (tertiary/aromatic N) is 1. The van der Waals surface area contributed by atoms with E-state index in [4.69, 9.17) is 11.6 Å². The van der Waals surface area contributed by atoms with Gasteiger partial charge in [0.15, 0.2) is 0 Å². The molecule has 68 valence electrons. The van der Waals surface area contributed by atoms with Crippen molar-refractivity contribution in [2.75, 3.05) is 6.54 Å². The number of alkyl halides is 1. The van der Waals surface area contributed by atoms with E-state index >= 15 is 0 Å². The molecule has 0 aromatic carbocycles. The normalized spacial score (nSPS) is 22.8. The van der Waals surface area contributed by atoms with Crippen molar-refractivity contribution >= 4 is 11.6 Å². The molecule has 1 atom stereocenters. The van der Waals surface area contributed by atoms with Crippen LogP contribution in [0.2, 0.25) is 0 Å². The highest BCUT2D eigenvalue weighted by Crippen LogP contribution is 2.19. The maximum absolute atomic E-state index is 6.18. The first-order chi connectivity index (χ1) is 5.75. The molecular formula is C10H16ClN. The van der Waals surface area contributed by atoms with Gasteiger partial charge in [0.05, 0.1) is 0 Å². The van der Waals surface area contributed by atoms with Crippen LogP contribution in [-0.4, -0.2) is 16.9 Å². The van der Waals surface area contributed by atoms with Crippen molar-refractivity contribution in [2.24, 2.45) is 0 Å². The lowest BCUT2D eigenvalue weighted by atomic mass is 10.2. The van der Waals surface area contributed by atoms with Gasteiger partial charge in [0.1, 0.15) is 5.50 Å². The molecule has 1 nitrogen and oxygen atoms in total. The lowest BCUT2D eigenvalue weighted by Crippen LogP contribution is -2.29. The Morgan fingerprint density at radius 2 is 2.33 bits per heavy atom. The van der Waals surface area contributed by atoms with Gasteiger partial charge in [-0.1, -0.05) is 31.0 Å². The second-order valence-electron chi connectivity index (χ2n) is 3.18. The van der Waals surface area contributed by atoms with Crippen molar-refractivity contribution in [3.8, 4) is 0 Å². The van der Waals surface area contributed by atoms with Gasteiger partial charge in [-0.2, -0.15) is 0 Å². The van der Waals surface area contributed by atoms with E-state index in [1.807, 2.05) is 0 Å². The molecular weight excluding hydrogens is 170 g/mol. The molecule has 1 aliphatic heterocycles. The fourth-order valence-electron chi connectivity index (χ4n) is 1.25. The monoisotopic (exact) mass is 185 g/mol. The highest BCUT2D eigenvalue weighted by Gasteiger charge is 2.14. The Kier molecular flexibility index (Phi) is 3.67. The first-order valence-electron chi connectivity index (χ1n) is 4.50. The molecule has 0 N–H and O–H groups in total. The molecule has 1 heterocycles. The number of halogens is 1. The van der Waals surface area contributed by atoms with E-state index in [-0.39, 0.29) is 5.50 Å². The van der Waals surface area contributed by atoms with Crippen LogP contribution in [0.3, 0.4) is 0 Å². The van der Waals surface area contributed by atoms with Gasteiger partial charge in [0.2, 0.25) is 0 Å². The molecule has 0 aromatic rings. The number of rotatable bonds is 3. The second kappa shape index (κ2) is 4.56. The summed E-state index contributed by atoms with van der Waals surface area (Å²) in [5.41, 5.74) is 1.30. The third-order valence-corrected chi connectivity index (χ3v) is 2.67. The van der Waals surface area contributed by atoms with Crippen molar-refractivity contribution in [1.29, 1.82) is 0 Å². The van der Waals surface area contributed by atoms with Crippen molar-refractivity contribution in [2.45, 2.75) is 32.2 Å². The molecule has 12 heavy (non-hydrogen) atoms. The number of hydrogen-bond donors (Lipinski definition) is 0. The molecule has 0 bridgehead atoms. The van der Waals surface area contributed by atoms with E-state index in [2.05, 4.69) is 37.1 Å². The van der Waals surface area contributed by atoms with Crippen LogP contribution in [0.4, 0.5) is 0 Å². The fraction of sp³-hybridized carbons (Fsp3) is 0.600. The third-order valence-electron chi connectivity index (χ3n) is 2.07. The summed E-state index contributed by atoms with van der Waals surface area (Å²) < 4.78 is 0. The topological polar surface area (TPSA) is 3.24 Å². The summed E-state index contributed by atoms with van der Waals surface area (Å²) >= 11 is 6.18. The highest BCUT2D eigenvalue weighted by atomic mass is 35.5. The van der Waals surface area contributed by atoms with Crippen molar-refractivity contribution in [3.05, 3.63) is 23.9 Å². The largest absolute Gasteiger partial charge is 0.358 e. The number of hydrogen-bond acceptors (Lipinski definition) is 1. The van der Waals surface area contributed by atoms with Crippen LogP contribution in [0, 0.1) is 0 Å². The van der Waals surface area contributed by atoms with E-state index in [9.17, 15) is 0 Å². The maximum atomic E-state index is 6.18. The standard InChI is InChI=1S/C10H16ClN/c1-3-4-7-12-8-5-6-9(2)10(12)11/h5-6,8,10H,3-4,7H2,1-2H3. The average molecular weight is 186 g/mol. The summed E-state index contributed by atoms with van der Waals surface area (Å²) in [4.78, 5) is 2.18. The molecule has 0 aliphatic carbocycles. The van der Waals surface area contributed by atoms with Crippen molar-refractivity contribution in [3.63, 3.8) is 0 Å². The van der Waals surface area contributed by atoms with Gasteiger partial charge in [-0.05, 0) is 25.0 Å². The molecule has 1 aliphatic rings. The minimum absolute atomic E-state index is 0.0709. The molecule has 0 radical (unpaired) electrons. The Bertz CT molecular complexity index is 196. The first-order valence-corrected chi connectivity index (χ1v) is 4.94. The summed E-state index contributed by atoms with van der Waals surface area (Å²) in [5.74, 6) is 0. The van der Waals surface area contributed by atoms with Gasteiger partial charge in [-0.15, -0.1) is 0 Å². The lowest BCUT2D eigenvalue weighted by molar-refractivity contribution is 0.363. The number of unbranched alkanes of at least 4 members (excludes halogenated alkanes) is 1. The molecule has 0 fully saturated rings. The number of allylic oxidation sites excluding steroid dienone is 2. The summed E-state index contributed by atoms with van der Waals surface area (Å²) in [5, 5.41) is 0. The zero-order valence-electron chi connectivity index (χ0n) is 7.76. The summed E-state index contributed by atoms with van der Waals surface area (Å²) in [6, 6.07) is 0. The van der Waals surface area contributed by atoms with E-state index < -0.39 is 0 Å². The third kappa shape index (κ3) is 2.28. The Labute approximate surface area is 79.7 Å².